The van der Waals surface area contributed by atoms with Gasteiger partial charge in [0, 0.05) is 7.05 Å². The van der Waals surface area contributed by atoms with Crippen molar-refractivity contribution in [2.45, 2.75) is 46.5 Å². The maximum atomic E-state index is 4.01. The quantitative estimate of drug-likeness (QED) is 0.539. The standard InChI is InChI=1S/C11H23N/c1-5-6-7-10(2)11(3)8-9-12-4/h9-11H,5-8H2,1-4H3. The molecule has 2 unspecified atom stereocenters. The van der Waals surface area contributed by atoms with E-state index in [1.165, 1.54) is 19.3 Å². The molecule has 0 aliphatic carbocycles. The Morgan fingerprint density at radius 3 is 2.42 bits per heavy atom. The molecule has 1 nitrogen and oxygen atoms in total. The molecule has 0 rings (SSSR count). The summed E-state index contributed by atoms with van der Waals surface area (Å²) in [7, 11) is 1.85. The zero-order chi connectivity index (χ0) is 9.40. The summed E-state index contributed by atoms with van der Waals surface area (Å²) < 4.78 is 0. The summed E-state index contributed by atoms with van der Waals surface area (Å²) in [4.78, 5) is 4.01. The fourth-order valence-electron chi connectivity index (χ4n) is 1.31. The van der Waals surface area contributed by atoms with Crippen LogP contribution < -0.4 is 0 Å². The SMILES string of the molecule is CCCCC(C)C(C)CC=NC. The number of unbranched alkanes of at least 4 members (excludes halogenated alkanes) is 1. The minimum atomic E-state index is 0.792. The molecule has 0 heterocycles. The lowest BCUT2D eigenvalue weighted by Gasteiger charge is -2.17. The van der Waals surface area contributed by atoms with Crippen LogP contribution in [0.5, 0.6) is 0 Å². The average Bonchev–Trinajstić information content (AvgIpc) is 2.10. The first-order valence-electron chi connectivity index (χ1n) is 5.13. The Morgan fingerprint density at radius 2 is 1.92 bits per heavy atom. The number of hydrogen-bond acceptors (Lipinski definition) is 1. The lowest BCUT2D eigenvalue weighted by Crippen LogP contribution is -2.08. The molecule has 0 N–H and O–H groups in total. The van der Waals surface area contributed by atoms with Gasteiger partial charge in [0.1, 0.15) is 0 Å². The number of aliphatic imine (C=N–C) groups is 1. The number of nitrogens with zero attached hydrogens (tertiary/aromatic N) is 1. The third-order valence-corrected chi connectivity index (χ3v) is 2.64. The molecule has 1 heteroatoms. The molecule has 72 valence electrons. The van der Waals surface area contributed by atoms with Gasteiger partial charge in [-0.05, 0) is 24.5 Å². The highest BCUT2D eigenvalue weighted by atomic mass is 14.6. The van der Waals surface area contributed by atoms with Crippen LogP contribution in [0.2, 0.25) is 0 Å². The second-order valence-corrected chi connectivity index (χ2v) is 3.77. The van der Waals surface area contributed by atoms with Crippen molar-refractivity contribution in [2.24, 2.45) is 16.8 Å². The lowest BCUT2D eigenvalue weighted by atomic mass is 9.89. The predicted molar refractivity (Wildman–Crippen MR) is 56.9 cm³/mol. The normalized spacial score (nSPS) is 16.7. The Morgan fingerprint density at radius 1 is 1.25 bits per heavy atom. The fourth-order valence-corrected chi connectivity index (χ4v) is 1.31. The van der Waals surface area contributed by atoms with Crippen LogP contribution in [0.1, 0.15) is 46.5 Å². The second kappa shape index (κ2) is 7.33. The maximum absolute atomic E-state index is 4.01. The van der Waals surface area contributed by atoms with E-state index in [-0.39, 0.29) is 0 Å². The highest BCUT2D eigenvalue weighted by molar-refractivity contribution is 5.57. The highest BCUT2D eigenvalue weighted by Gasteiger charge is 2.09. The molecule has 0 spiro atoms. The number of hydrogen-bond donors (Lipinski definition) is 0. The van der Waals surface area contributed by atoms with Crippen molar-refractivity contribution >= 4 is 6.21 Å². The van der Waals surface area contributed by atoms with E-state index in [2.05, 4.69) is 25.8 Å². The van der Waals surface area contributed by atoms with Gasteiger partial charge >= 0.3 is 0 Å². The Balaban J connectivity index is 3.53. The fraction of sp³-hybridized carbons (Fsp3) is 0.909. The van der Waals surface area contributed by atoms with E-state index in [1.807, 2.05) is 13.3 Å². The third-order valence-electron chi connectivity index (χ3n) is 2.64. The van der Waals surface area contributed by atoms with Crippen LogP contribution in [0.15, 0.2) is 4.99 Å². The van der Waals surface area contributed by atoms with Crippen molar-refractivity contribution in [2.75, 3.05) is 7.05 Å². The summed E-state index contributed by atoms with van der Waals surface area (Å²) in [5, 5.41) is 0. The first-order chi connectivity index (χ1) is 5.72. The van der Waals surface area contributed by atoms with Crippen molar-refractivity contribution in [3.63, 3.8) is 0 Å². The van der Waals surface area contributed by atoms with Crippen molar-refractivity contribution in [1.82, 2.24) is 0 Å². The van der Waals surface area contributed by atoms with Crippen LogP contribution in [-0.4, -0.2) is 13.3 Å². The summed E-state index contributed by atoms with van der Waals surface area (Å²) in [6.45, 7) is 6.93. The summed E-state index contributed by atoms with van der Waals surface area (Å²) >= 11 is 0. The van der Waals surface area contributed by atoms with Crippen LogP contribution in [0, 0.1) is 11.8 Å². The average molecular weight is 169 g/mol. The van der Waals surface area contributed by atoms with Gasteiger partial charge in [-0.25, -0.2) is 0 Å². The van der Waals surface area contributed by atoms with Gasteiger partial charge in [-0.1, -0.05) is 40.0 Å². The van der Waals surface area contributed by atoms with Gasteiger partial charge in [-0.2, -0.15) is 0 Å². The van der Waals surface area contributed by atoms with E-state index in [0.29, 0.717) is 0 Å². The molecule has 0 radical (unpaired) electrons. The van der Waals surface area contributed by atoms with E-state index >= 15 is 0 Å². The van der Waals surface area contributed by atoms with E-state index in [1.54, 1.807) is 0 Å². The zero-order valence-electron chi connectivity index (χ0n) is 9.01. The van der Waals surface area contributed by atoms with Gasteiger partial charge in [0.05, 0.1) is 0 Å². The number of rotatable bonds is 6. The molecule has 0 bridgehead atoms. The van der Waals surface area contributed by atoms with Crippen molar-refractivity contribution in [3.8, 4) is 0 Å². The zero-order valence-corrected chi connectivity index (χ0v) is 9.01. The van der Waals surface area contributed by atoms with E-state index in [4.69, 9.17) is 0 Å². The van der Waals surface area contributed by atoms with Gasteiger partial charge in [0.15, 0.2) is 0 Å². The topological polar surface area (TPSA) is 12.4 Å². The molecule has 0 aromatic rings. The Hall–Kier alpha value is -0.330. The summed E-state index contributed by atoms with van der Waals surface area (Å²) in [6, 6.07) is 0. The van der Waals surface area contributed by atoms with E-state index in [9.17, 15) is 0 Å². The van der Waals surface area contributed by atoms with E-state index in [0.717, 1.165) is 18.3 Å². The van der Waals surface area contributed by atoms with Crippen LogP contribution in [0.25, 0.3) is 0 Å². The molecule has 0 aromatic heterocycles. The van der Waals surface area contributed by atoms with Gasteiger partial charge in [0.25, 0.3) is 0 Å². The Kier molecular flexibility index (Phi) is 7.12. The molecule has 0 saturated carbocycles. The largest absolute Gasteiger partial charge is 0.301 e. The van der Waals surface area contributed by atoms with Gasteiger partial charge in [0.2, 0.25) is 0 Å². The first kappa shape index (κ1) is 11.7. The summed E-state index contributed by atoms with van der Waals surface area (Å²) in [6.07, 6.45) is 7.23. The van der Waals surface area contributed by atoms with Crippen molar-refractivity contribution in [3.05, 3.63) is 0 Å². The van der Waals surface area contributed by atoms with Crippen LogP contribution in [0.4, 0.5) is 0 Å². The van der Waals surface area contributed by atoms with Crippen LogP contribution in [0.3, 0.4) is 0 Å². The molecule has 0 amide bonds. The highest BCUT2D eigenvalue weighted by Crippen LogP contribution is 2.19. The van der Waals surface area contributed by atoms with Gasteiger partial charge in [-0.3, -0.25) is 0 Å². The maximum Gasteiger partial charge on any atom is 0.0273 e. The minimum Gasteiger partial charge on any atom is -0.301 e. The van der Waals surface area contributed by atoms with Crippen molar-refractivity contribution in [1.29, 1.82) is 0 Å². The van der Waals surface area contributed by atoms with Crippen LogP contribution >= 0.6 is 0 Å². The molecule has 2 atom stereocenters. The van der Waals surface area contributed by atoms with Crippen molar-refractivity contribution < 1.29 is 0 Å². The summed E-state index contributed by atoms with van der Waals surface area (Å²) in [5.74, 6) is 1.64. The second-order valence-electron chi connectivity index (χ2n) is 3.77. The predicted octanol–water partition coefficient (Wildman–Crippen LogP) is 3.54. The molecular weight excluding hydrogens is 146 g/mol. The molecule has 0 fully saturated rings. The van der Waals surface area contributed by atoms with Gasteiger partial charge in [-0.15, -0.1) is 0 Å². The lowest BCUT2D eigenvalue weighted by molar-refractivity contribution is 0.366. The molecule has 12 heavy (non-hydrogen) atoms. The van der Waals surface area contributed by atoms with E-state index < -0.39 is 0 Å². The minimum absolute atomic E-state index is 0.792. The van der Waals surface area contributed by atoms with Crippen LogP contribution in [-0.2, 0) is 0 Å². The Labute approximate surface area is 77.3 Å². The monoisotopic (exact) mass is 169 g/mol. The van der Waals surface area contributed by atoms with Gasteiger partial charge < -0.3 is 4.99 Å². The molecule has 0 saturated heterocycles. The smallest absolute Gasteiger partial charge is 0.0273 e. The molecule has 0 aliphatic rings. The first-order valence-corrected chi connectivity index (χ1v) is 5.13. The third kappa shape index (κ3) is 5.34. The Bertz CT molecular complexity index is 118. The molecule has 0 aliphatic heterocycles. The molecular formula is C11H23N. The molecule has 0 aromatic carbocycles. The summed E-state index contributed by atoms with van der Waals surface area (Å²) in [5.41, 5.74) is 0.